The van der Waals surface area contributed by atoms with E-state index in [9.17, 15) is 4.79 Å². The normalized spacial score (nSPS) is 10.8. The van der Waals surface area contributed by atoms with Crippen molar-refractivity contribution >= 4 is 39.8 Å². The lowest BCUT2D eigenvalue weighted by Gasteiger charge is -2.21. The number of rotatable bonds is 7. The van der Waals surface area contributed by atoms with Crippen LogP contribution in [0.4, 0.5) is 17.2 Å². The van der Waals surface area contributed by atoms with Crippen LogP contribution in [0.15, 0.2) is 48.5 Å². The molecule has 0 radical (unpaired) electrons. The van der Waals surface area contributed by atoms with Crippen molar-refractivity contribution in [1.29, 1.82) is 5.41 Å². The van der Waals surface area contributed by atoms with E-state index >= 15 is 0 Å². The van der Waals surface area contributed by atoms with Gasteiger partial charge in [0, 0.05) is 28.9 Å². The summed E-state index contributed by atoms with van der Waals surface area (Å²) >= 11 is 0. The molecule has 0 atom stereocenters. The lowest BCUT2D eigenvalue weighted by atomic mass is 10.1. The van der Waals surface area contributed by atoms with Gasteiger partial charge in [-0.2, -0.15) is 5.21 Å². The molecule has 0 saturated heterocycles. The van der Waals surface area contributed by atoms with Gasteiger partial charge < -0.3 is 16.0 Å². The summed E-state index contributed by atoms with van der Waals surface area (Å²) in [7, 11) is 0. The molecule has 2 heterocycles. The molecule has 5 N–H and O–H groups in total. The third-order valence-electron chi connectivity index (χ3n) is 5.10. The van der Waals surface area contributed by atoms with E-state index in [1.165, 1.54) is 0 Å². The fraction of sp³-hybridized carbons (Fsp3) is 0.182. The van der Waals surface area contributed by atoms with Gasteiger partial charge in [0.15, 0.2) is 5.82 Å². The molecule has 0 aliphatic carbocycles. The number of aromatic amines is 1. The van der Waals surface area contributed by atoms with Gasteiger partial charge in [0.1, 0.15) is 11.7 Å². The van der Waals surface area contributed by atoms with Crippen LogP contribution < -0.4 is 16.0 Å². The number of hydrogen-bond acceptors (Lipinski definition) is 7. The van der Waals surface area contributed by atoms with Gasteiger partial charge in [-0.05, 0) is 61.9 Å². The summed E-state index contributed by atoms with van der Waals surface area (Å²) in [5, 5.41) is 25.4. The average Bonchev–Trinajstić information content (AvgIpc) is 3.27. The third-order valence-corrected chi connectivity index (χ3v) is 5.10. The van der Waals surface area contributed by atoms with Gasteiger partial charge in [0.05, 0.1) is 11.9 Å². The number of nitrogens with zero attached hydrogens (tertiary/aromatic N) is 5. The fourth-order valence-electron chi connectivity index (χ4n) is 3.49. The van der Waals surface area contributed by atoms with Crippen LogP contribution >= 0.6 is 0 Å². The first-order chi connectivity index (χ1) is 15.4. The molecule has 2 aromatic heterocycles. The van der Waals surface area contributed by atoms with Crippen molar-refractivity contribution in [3.05, 3.63) is 65.5 Å². The Morgan fingerprint density at radius 2 is 1.97 bits per heavy atom. The van der Waals surface area contributed by atoms with E-state index < -0.39 is 0 Å². The molecule has 0 aliphatic heterocycles. The van der Waals surface area contributed by atoms with Gasteiger partial charge in [-0.15, -0.1) is 10.2 Å². The molecule has 0 aliphatic rings. The Morgan fingerprint density at radius 3 is 2.62 bits per heavy atom. The highest BCUT2D eigenvalue weighted by Gasteiger charge is 2.17. The number of carbonyl (C=O) groups is 1. The van der Waals surface area contributed by atoms with Crippen LogP contribution in [0, 0.1) is 12.3 Å². The Hall–Kier alpha value is -4.34. The number of nitrogens with two attached hydrogens (primary N) is 1. The SMILES string of the molecule is CCN(C(=O)Cc1nn[nH]n1)c1ccc2c(C)cc(Nc3ccc(C(=N)N)cc3)nc2c1. The van der Waals surface area contributed by atoms with E-state index in [1.54, 1.807) is 17.0 Å². The predicted molar refractivity (Wildman–Crippen MR) is 123 cm³/mol. The highest BCUT2D eigenvalue weighted by atomic mass is 16.2. The monoisotopic (exact) mass is 429 g/mol. The maximum Gasteiger partial charge on any atom is 0.234 e. The molecule has 4 rings (SSSR count). The molecule has 0 spiro atoms. The number of tetrazole rings is 1. The number of amides is 1. The largest absolute Gasteiger partial charge is 0.384 e. The summed E-state index contributed by atoms with van der Waals surface area (Å²) in [6.07, 6.45) is 0.0622. The highest BCUT2D eigenvalue weighted by Crippen LogP contribution is 2.27. The zero-order chi connectivity index (χ0) is 22.7. The lowest BCUT2D eigenvalue weighted by Crippen LogP contribution is -2.32. The molecule has 0 bridgehead atoms. The molecular weight excluding hydrogens is 406 g/mol. The molecule has 4 aromatic rings. The van der Waals surface area contributed by atoms with Crippen molar-refractivity contribution in [3.63, 3.8) is 0 Å². The van der Waals surface area contributed by atoms with Gasteiger partial charge >= 0.3 is 0 Å². The summed E-state index contributed by atoms with van der Waals surface area (Å²) in [6.45, 7) is 4.44. The van der Waals surface area contributed by atoms with Crippen LogP contribution in [0.1, 0.15) is 23.9 Å². The summed E-state index contributed by atoms with van der Waals surface area (Å²) in [5.74, 6) is 0.942. The molecule has 10 nitrogen and oxygen atoms in total. The number of anilines is 3. The van der Waals surface area contributed by atoms with Crippen LogP contribution in [0.3, 0.4) is 0 Å². The van der Waals surface area contributed by atoms with Crippen molar-refractivity contribution in [2.75, 3.05) is 16.8 Å². The molecule has 10 heteroatoms. The van der Waals surface area contributed by atoms with Crippen molar-refractivity contribution in [3.8, 4) is 0 Å². The zero-order valence-corrected chi connectivity index (χ0v) is 17.8. The second kappa shape index (κ2) is 8.80. The summed E-state index contributed by atoms with van der Waals surface area (Å²) < 4.78 is 0. The van der Waals surface area contributed by atoms with Crippen LogP contribution in [0.25, 0.3) is 10.9 Å². The Labute approximate surface area is 184 Å². The van der Waals surface area contributed by atoms with Crippen molar-refractivity contribution in [2.24, 2.45) is 5.73 Å². The minimum absolute atomic E-state index is 0.0260. The van der Waals surface area contributed by atoms with Gasteiger partial charge in [-0.3, -0.25) is 10.2 Å². The smallest absolute Gasteiger partial charge is 0.234 e. The molecule has 0 unspecified atom stereocenters. The van der Waals surface area contributed by atoms with Crippen molar-refractivity contribution in [1.82, 2.24) is 25.6 Å². The van der Waals surface area contributed by atoms with Crippen LogP contribution in [0.5, 0.6) is 0 Å². The van der Waals surface area contributed by atoms with E-state index in [0.717, 1.165) is 27.8 Å². The number of H-pyrrole nitrogens is 1. The van der Waals surface area contributed by atoms with Crippen molar-refractivity contribution < 1.29 is 4.79 Å². The standard InChI is InChI=1S/C22H23N9O/c1-3-31(21(32)12-20-27-29-30-28-20)16-8-9-17-13(2)10-19(26-18(17)11-16)25-15-6-4-14(5-7-15)22(23)24/h4-11H,3,12H2,1-2H3,(H3,23,24)(H,25,26)(H,27,28,29,30). The Morgan fingerprint density at radius 1 is 1.19 bits per heavy atom. The maximum atomic E-state index is 12.8. The Kier molecular flexibility index (Phi) is 5.75. The van der Waals surface area contributed by atoms with Crippen molar-refractivity contribution in [2.45, 2.75) is 20.3 Å². The number of nitrogen functional groups attached to an aromatic ring is 1. The number of hydrogen-bond donors (Lipinski definition) is 4. The minimum atomic E-state index is -0.121. The average molecular weight is 429 g/mol. The molecule has 1 amide bonds. The maximum absolute atomic E-state index is 12.8. The zero-order valence-electron chi connectivity index (χ0n) is 17.8. The minimum Gasteiger partial charge on any atom is -0.384 e. The van der Waals surface area contributed by atoms with Crippen LogP contribution in [0.2, 0.25) is 0 Å². The lowest BCUT2D eigenvalue weighted by molar-refractivity contribution is -0.118. The second-order valence-electron chi connectivity index (χ2n) is 7.28. The van der Waals surface area contributed by atoms with Gasteiger partial charge in [0.2, 0.25) is 5.91 Å². The number of aromatic nitrogens is 5. The van der Waals surface area contributed by atoms with Crippen LogP contribution in [-0.4, -0.2) is 43.9 Å². The molecule has 0 saturated carbocycles. The molecule has 2 aromatic carbocycles. The van der Waals surface area contributed by atoms with E-state index in [0.29, 0.717) is 23.8 Å². The molecule has 32 heavy (non-hydrogen) atoms. The highest BCUT2D eigenvalue weighted by molar-refractivity contribution is 5.97. The number of aryl methyl sites for hydroxylation is 1. The number of amidine groups is 1. The predicted octanol–water partition coefficient (Wildman–Crippen LogP) is 2.68. The van der Waals surface area contributed by atoms with Gasteiger partial charge in [-0.1, -0.05) is 11.3 Å². The number of benzene rings is 2. The first-order valence-corrected chi connectivity index (χ1v) is 10.1. The topological polar surface area (TPSA) is 150 Å². The molecular formula is C22H23N9O. The number of fused-ring (bicyclic) bond motifs is 1. The summed E-state index contributed by atoms with van der Waals surface area (Å²) in [6, 6.07) is 15.0. The molecule has 0 fully saturated rings. The quantitative estimate of drug-likeness (QED) is 0.260. The third kappa shape index (κ3) is 4.38. The number of likely N-dealkylation sites (N-methyl/N-ethyl adjacent to an activating group) is 1. The second-order valence-corrected chi connectivity index (χ2v) is 7.28. The summed E-state index contributed by atoms with van der Waals surface area (Å²) in [4.78, 5) is 19.2. The number of nitrogens with one attached hydrogen (secondary N) is 3. The Bertz CT molecular complexity index is 1270. The van der Waals surface area contributed by atoms with E-state index in [1.807, 2.05) is 50.2 Å². The van der Waals surface area contributed by atoms with E-state index in [2.05, 4.69) is 25.9 Å². The van der Waals surface area contributed by atoms with Gasteiger partial charge in [0.25, 0.3) is 0 Å². The molecule has 162 valence electrons. The number of pyridine rings is 1. The first-order valence-electron chi connectivity index (χ1n) is 10.1. The number of carbonyl (C=O) groups excluding carboxylic acids is 1. The Balaban J connectivity index is 1.62. The van der Waals surface area contributed by atoms with Crippen LogP contribution in [-0.2, 0) is 11.2 Å². The van der Waals surface area contributed by atoms with Gasteiger partial charge in [-0.25, -0.2) is 4.98 Å². The van der Waals surface area contributed by atoms with E-state index in [-0.39, 0.29) is 18.2 Å². The van der Waals surface area contributed by atoms with E-state index in [4.69, 9.17) is 16.1 Å². The first kappa shape index (κ1) is 20.9. The fourth-order valence-corrected chi connectivity index (χ4v) is 3.49. The summed E-state index contributed by atoms with van der Waals surface area (Å²) in [5.41, 5.74) is 9.60.